The van der Waals surface area contributed by atoms with Gasteiger partial charge in [-0.2, -0.15) is 5.10 Å². The number of aromatic nitrogens is 2. The van der Waals surface area contributed by atoms with Crippen molar-refractivity contribution >= 4 is 39.8 Å². The second-order valence-corrected chi connectivity index (χ2v) is 8.81. The molecule has 0 unspecified atom stereocenters. The lowest BCUT2D eigenvalue weighted by Gasteiger charge is -2.17. The molecule has 8 nitrogen and oxygen atoms in total. The van der Waals surface area contributed by atoms with Crippen LogP contribution in [-0.2, 0) is 16.1 Å². The normalized spacial score (nSPS) is 11.3. The summed E-state index contributed by atoms with van der Waals surface area (Å²) in [5.41, 5.74) is -0.970. The zero-order valence-electron chi connectivity index (χ0n) is 16.8. The number of carbonyl (C=O) groups is 3. The number of nitrogens with zero attached hydrogens (tertiary/aromatic N) is 1. The predicted octanol–water partition coefficient (Wildman–Crippen LogP) is 2.69. The minimum Gasteiger partial charge on any atom is -0.452 e. The Bertz CT molecular complexity index is 1170. The van der Waals surface area contributed by atoms with Crippen molar-refractivity contribution in [3.8, 4) is 0 Å². The molecule has 30 heavy (non-hydrogen) atoms. The van der Waals surface area contributed by atoms with E-state index in [2.05, 4.69) is 15.5 Å². The Morgan fingerprint density at radius 3 is 2.50 bits per heavy atom. The first-order chi connectivity index (χ1) is 14.2. The van der Waals surface area contributed by atoms with Crippen molar-refractivity contribution in [3.05, 3.63) is 62.2 Å². The molecule has 0 saturated carbocycles. The number of benzene rings is 1. The van der Waals surface area contributed by atoms with Gasteiger partial charge in [0.1, 0.15) is 0 Å². The van der Waals surface area contributed by atoms with Gasteiger partial charge >= 0.3 is 5.97 Å². The Labute approximate surface area is 176 Å². The molecule has 2 aromatic heterocycles. The van der Waals surface area contributed by atoms with E-state index in [0.29, 0.717) is 22.2 Å². The zero-order chi connectivity index (χ0) is 21.9. The summed E-state index contributed by atoms with van der Waals surface area (Å²) in [7, 11) is 0. The number of rotatable bonds is 6. The van der Waals surface area contributed by atoms with Crippen LogP contribution >= 0.6 is 11.3 Å². The van der Waals surface area contributed by atoms with Gasteiger partial charge in [-0.25, -0.2) is 9.89 Å². The van der Waals surface area contributed by atoms with E-state index >= 15 is 0 Å². The van der Waals surface area contributed by atoms with Crippen molar-refractivity contribution in [2.75, 3.05) is 6.61 Å². The Kier molecular flexibility index (Phi) is 6.12. The first kappa shape index (κ1) is 21.4. The molecule has 3 rings (SSSR count). The van der Waals surface area contributed by atoms with Gasteiger partial charge in [-0.05, 0) is 18.2 Å². The molecule has 2 heterocycles. The SMILES string of the molecule is CC(C)(C)C(=O)NCc1ccc(C(=O)COC(=O)c2n[nH]c(=O)c3ccccc23)s1. The molecule has 1 aromatic carbocycles. The van der Waals surface area contributed by atoms with Crippen molar-refractivity contribution < 1.29 is 19.1 Å². The number of esters is 1. The van der Waals surface area contributed by atoms with Gasteiger partial charge in [0.05, 0.1) is 16.8 Å². The van der Waals surface area contributed by atoms with Gasteiger partial charge in [0, 0.05) is 15.7 Å². The summed E-state index contributed by atoms with van der Waals surface area (Å²) in [6.07, 6.45) is 0. The number of fused-ring (bicyclic) bond motifs is 1. The summed E-state index contributed by atoms with van der Waals surface area (Å²) in [6, 6.07) is 9.90. The van der Waals surface area contributed by atoms with E-state index < -0.39 is 23.6 Å². The maximum atomic E-state index is 12.4. The zero-order valence-corrected chi connectivity index (χ0v) is 17.6. The van der Waals surface area contributed by atoms with Crippen LogP contribution in [0.25, 0.3) is 10.8 Å². The van der Waals surface area contributed by atoms with Gasteiger partial charge in [0.15, 0.2) is 12.3 Å². The van der Waals surface area contributed by atoms with E-state index in [4.69, 9.17) is 4.74 Å². The van der Waals surface area contributed by atoms with Crippen LogP contribution in [0, 0.1) is 5.41 Å². The van der Waals surface area contributed by atoms with E-state index in [1.165, 1.54) is 11.3 Å². The van der Waals surface area contributed by atoms with Crippen LogP contribution in [0.2, 0.25) is 0 Å². The van der Waals surface area contributed by atoms with Gasteiger partial charge in [-0.15, -0.1) is 11.3 Å². The molecular weight excluding hydrogens is 406 g/mol. The molecular formula is C21H21N3O5S. The van der Waals surface area contributed by atoms with Crippen molar-refractivity contribution in [2.45, 2.75) is 27.3 Å². The number of ketones is 1. The first-order valence-electron chi connectivity index (χ1n) is 9.21. The van der Waals surface area contributed by atoms with Crippen LogP contribution in [0.15, 0.2) is 41.2 Å². The Morgan fingerprint density at radius 1 is 1.10 bits per heavy atom. The molecule has 0 atom stereocenters. The van der Waals surface area contributed by atoms with Gasteiger partial charge < -0.3 is 10.1 Å². The van der Waals surface area contributed by atoms with Crippen LogP contribution in [-0.4, -0.2) is 34.5 Å². The van der Waals surface area contributed by atoms with Crippen LogP contribution in [0.5, 0.6) is 0 Å². The number of Topliss-reactive ketones (excluding diaryl/α,β-unsaturated/α-hetero) is 1. The van der Waals surface area contributed by atoms with Crippen LogP contribution in [0.3, 0.4) is 0 Å². The fraction of sp³-hybridized carbons (Fsp3) is 0.286. The minimum atomic E-state index is -0.801. The lowest BCUT2D eigenvalue weighted by Crippen LogP contribution is -2.34. The molecule has 1 amide bonds. The Morgan fingerprint density at radius 2 is 1.80 bits per heavy atom. The number of carbonyl (C=O) groups excluding carboxylic acids is 3. The minimum absolute atomic E-state index is 0.0604. The number of hydrogen-bond donors (Lipinski definition) is 2. The summed E-state index contributed by atoms with van der Waals surface area (Å²) in [5, 5.41) is 9.50. The van der Waals surface area contributed by atoms with E-state index in [1.807, 2.05) is 20.8 Å². The molecule has 2 N–H and O–H groups in total. The fourth-order valence-corrected chi connectivity index (χ4v) is 3.47. The van der Waals surface area contributed by atoms with Crippen molar-refractivity contribution in [1.29, 1.82) is 0 Å². The maximum Gasteiger partial charge on any atom is 0.359 e. The summed E-state index contributed by atoms with van der Waals surface area (Å²) in [5.74, 6) is -1.25. The third-order valence-electron chi connectivity index (χ3n) is 4.26. The second kappa shape index (κ2) is 8.58. The lowest BCUT2D eigenvalue weighted by atomic mass is 9.96. The standard InChI is InChI=1S/C21H21N3O5S/c1-21(2,3)20(28)22-10-12-8-9-16(30-12)15(25)11-29-19(27)17-13-6-4-5-7-14(13)18(26)24-23-17/h4-9H,10-11H2,1-3H3,(H,22,28)(H,24,26). The highest BCUT2D eigenvalue weighted by atomic mass is 32.1. The number of H-pyrrole nitrogens is 1. The highest BCUT2D eigenvalue weighted by Gasteiger charge is 2.21. The summed E-state index contributed by atoms with van der Waals surface area (Å²) < 4.78 is 5.11. The average Bonchev–Trinajstić information content (AvgIpc) is 3.19. The Balaban J connectivity index is 1.62. The highest BCUT2D eigenvalue weighted by Crippen LogP contribution is 2.19. The Hall–Kier alpha value is -3.33. The lowest BCUT2D eigenvalue weighted by molar-refractivity contribution is -0.128. The van der Waals surface area contributed by atoms with Crippen LogP contribution < -0.4 is 10.9 Å². The average molecular weight is 427 g/mol. The van der Waals surface area contributed by atoms with Gasteiger partial charge in [-0.1, -0.05) is 39.0 Å². The maximum absolute atomic E-state index is 12.4. The molecule has 3 aromatic rings. The number of hydrogen-bond acceptors (Lipinski definition) is 7. The van der Waals surface area contributed by atoms with E-state index in [1.54, 1.807) is 36.4 Å². The number of aromatic amines is 1. The molecule has 0 aliphatic heterocycles. The van der Waals surface area contributed by atoms with Gasteiger partial charge in [0.25, 0.3) is 5.56 Å². The third kappa shape index (κ3) is 4.80. The van der Waals surface area contributed by atoms with E-state index in [9.17, 15) is 19.2 Å². The molecule has 9 heteroatoms. The van der Waals surface area contributed by atoms with Gasteiger partial charge in [0.2, 0.25) is 11.7 Å². The quantitative estimate of drug-likeness (QED) is 0.461. The van der Waals surface area contributed by atoms with Crippen molar-refractivity contribution in [1.82, 2.24) is 15.5 Å². The number of amides is 1. The van der Waals surface area contributed by atoms with Crippen LogP contribution in [0.1, 0.15) is 45.8 Å². The first-order valence-corrected chi connectivity index (χ1v) is 10.0. The second-order valence-electron chi connectivity index (χ2n) is 7.64. The molecule has 0 aliphatic carbocycles. The summed E-state index contributed by atoms with van der Waals surface area (Å²) in [4.78, 5) is 49.7. The largest absolute Gasteiger partial charge is 0.452 e. The molecule has 0 radical (unpaired) electrons. The molecule has 0 fully saturated rings. The van der Waals surface area contributed by atoms with E-state index in [-0.39, 0.29) is 17.4 Å². The number of ether oxygens (including phenoxy) is 1. The molecule has 0 aliphatic rings. The smallest absolute Gasteiger partial charge is 0.359 e. The van der Waals surface area contributed by atoms with Crippen molar-refractivity contribution in [3.63, 3.8) is 0 Å². The van der Waals surface area contributed by atoms with Crippen LogP contribution in [0.4, 0.5) is 0 Å². The fourth-order valence-electron chi connectivity index (χ4n) is 2.60. The highest BCUT2D eigenvalue weighted by molar-refractivity contribution is 7.14. The molecule has 156 valence electrons. The monoisotopic (exact) mass is 427 g/mol. The molecule has 0 saturated heterocycles. The van der Waals surface area contributed by atoms with Crippen molar-refractivity contribution in [2.24, 2.45) is 5.41 Å². The van der Waals surface area contributed by atoms with Gasteiger partial charge in [-0.3, -0.25) is 14.4 Å². The summed E-state index contributed by atoms with van der Waals surface area (Å²) >= 11 is 1.23. The summed E-state index contributed by atoms with van der Waals surface area (Å²) in [6.45, 7) is 5.32. The molecule has 0 bridgehead atoms. The number of nitrogens with one attached hydrogen (secondary N) is 2. The predicted molar refractivity (Wildman–Crippen MR) is 113 cm³/mol. The molecule has 0 spiro atoms. The topological polar surface area (TPSA) is 118 Å². The number of thiophene rings is 1. The third-order valence-corrected chi connectivity index (χ3v) is 5.39. The van der Waals surface area contributed by atoms with E-state index in [0.717, 1.165) is 4.88 Å².